The summed E-state index contributed by atoms with van der Waals surface area (Å²) in [5.41, 5.74) is 1.31. The Morgan fingerprint density at radius 3 is 3.04 bits per heavy atom. The van der Waals surface area contributed by atoms with Gasteiger partial charge in [0.25, 0.3) is 0 Å². The zero-order valence-corrected chi connectivity index (χ0v) is 15.1. The fraction of sp³-hybridized carbons (Fsp3) is 0.750. The molecule has 0 amide bonds. The van der Waals surface area contributed by atoms with Gasteiger partial charge >= 0.3 is 5.97 Å². The highest BCUT2D eigenvalue weighted by molar-refractivity contribution is 5.69. The number of aliphatic hydroxyl groups excluding tert-OH is 1. The Kier molecular flexibility index (Phi) is 6.68. The number of fused-ring (bicyclic) bond motifs is 1. The van der Waals surface area contributed by atoms with Crippen molar-refractivity contribution in [3.8, 4) is 0 Å². The second kappa shape index (κ2) is 8.97. The third kappa shape index (κ3) is 4.72. The summed E-state index contributed by atoms with van der Waals surface area (Å²) in [4.78, 5) is 11.1. The molecule has 5 atom stereocenters. The van der Waals surface area contributed by atoms with Crippen molar-refractivity contribution in [1.82, 2.24) is 0 Å². The Morgan fingerprint density at radius 2 is 2.32 bits per heavy atom. The summed E-state index contributed by atoms with van der Waals surface area (Å²) in [5.74, 6) is 0.949. The number of carbonyl (C=O) groups excluding carboxylic acids is 1. The predicted molar refractivity (Wildman–Crippen MR) is 93.7 cm³/mol. The molecule has 1 saturated heterocycles. The Hall–Kier alpha value is -1.17. The van der Waals surface area contributed by atoms with Crippen molar-refractivity contribution in [3.63, 3.8) is 0 Å². The number of allylic oxidation sites excluding steroid dienone is 4. The first-order chi connectivity index (χ1) is 12.2. The van der Waals surface area contributed by atoms with Crippen LogP contribution in [0.2, 0.25) is 0 Å². The fourth-order valence-electron chi connectivity index (χ4n) is 4.41. The topological polar surface area (TPSA) is 65.0 Å². The Morgan fingerprint density at radius 1 is 1.44 bits per heavy atom. The third-order valence-corrected chi connectivity index (χ3v) is 5.73. The van der Waals surface area contributed by atoms with Crippen molar-refractivity contribution < 1.29 is 24.1 Å². The maximum absolute atomic E-state index is 11.1. The number of hydrogen-bond acceptors (Lipinski definition) is 5. The second-order valence-electron chi connectivity index (χ2n) is 7.34. The van der Waals surface area contributed by atoms with Crippen LogP contribution in [0, 0.1) is 17.8 Å². The van der Waals surface area contributed by atoms with Crippen molar-refractivity contribution in [2.24, 2.45) is 17.8 Å². The monoisotopic (exact) mass is 350 g/mol. The van der Waals surface area contributed by atoms with Crippen LogP contribution in [0.4, 0.5) is 0 Å². The van der Waals surface area contributed by atoms with Crippen molar-refractivity contribution in [3.05, 3.63) is 23.8 Å². The summed E-state index contributed by atoms with van der Waals surface area (Å²) in [6.07, 6.45) is 12.8. The minimum absolute atomic E-state index is 0.0895. The van der Waals surface area contributed by atoms with Gasteiger partial charge < -0.3 is 19.3 Å². The molecule has 1 N–H and O–H groups in total. The van der Waals surface area contributed by atoms with Crippen LogP contribution in [-0.4, -0.2) is 43.8 Å². The van der Waals surface area contributed by atoms with E-state index in [2.05, 4.69) is 16.9 Å². The van der Waals surface area contributed by atoms with Gasteiger partial charge in [-0.1, -0.05) is 23.8 Å². The number of carbonyl (C=O) groups is 1. The zero-order valence-electron chi connectivity index (χ0n) is 15.1. The molecule has 0 bridgehead atoms. The first-order valence-electron chi connectivity index (χ1n) is 9.53. The molecule has 1 saturated carbocycles. The van der Waals surface area contributed by atoms with Gasteiger partial charge in [-0.25, -0.2) is 0 Å². The first kappa shape index (κ1) is 18.6. The SMILES string of the molecule is COC(=O)CCC=CC1=C[C@H]2C[C@@H](OC3CCCCO3)[C@@H](CO)[C@H]2C1. The van der Waals surface area contributed by atoms with Crippen LogP contribution < -0.4 is 0 Å². The maximum atomic E-state index is 11.1. The number of ether oxygens (including phenoxy) is 3. The van der Waals surface area contributed by atoms with E-state index in [0.29, 0.717) is 24.7 Å². The van der Waals surface area contributed by atoms with Gasteiger partial charge in [0.1, 0.15) is 0 Å². The summed E-state index contributed by atoms with van der Waals surface area (Å²) in [7, 11) is 1.42. The van der Waals surface area contributed by atoms with Gasteiger partial charge in [0.05, 0.1) is 13.2 Å². The standard InChI is InChI=1S/C20H30O5/c1-23-19(22)7-3-2-6-14-10-15-12-18(17(13-21)16(15)11-14)25-20-8-4-5-9-24-20/h2,6,10,15-18,20-21H,3-5,7-9,11-13H2,1H3/t15-,16-,17-,18+,20?/m0/s1. The second-order valence-corrected chi connectivity index (χ2v) is 7.34. The van der Waals surface area contributed by atoms with E-state index in [1.54, 1.807) is 0 Å². The predicted octanol–water partition coefficient (Wildman–Crippen LogP) is 2.98. The van der Waals surface area contributed by atoms with E-state index >= 15 is 0 Å². The molecular weight excluding hydrogens is 320 g/mol. The van der Waals surface area contributed by atoms with Gasteiger partial charge in [-0.2, -0.15) is 0 Å². The van der Waals surface area contributed by atoms with Crippen LogP contribution >= 0.6 is 0 Å². The van der Waals surface area contributed by atoms with Crippen LogP contribution in [0.25, 0.3) is 0 Å². The molecule has 1 heterocycles. The van der Waals surface area contributed by atoms with E-state index in [1.165, 1.54) is 12.7 Å². The highest BCUT2D eigenvalue weighted by Gasteiger charge is 2.46. The zero-order chi connectivity index (χ0) is 17.6. The molecule has 5 nitrogen and oxygen atoms in total. The lowest BCUT2D eigenvalue weighted by atomic mass is 9.90. The van der Waals surface area contributed by atoms with Gasteiger partial charge in [-0.05, 0) is 50.4 Å². The normalized spacial score (nSPS) is 35.0. The average Bonchev–Trinajstić information content (AvgIpc) is 3.16. The lowest BCUT2D eigenvalue weighted by molar-refractivity contribution is -0.198. The molecular formula is C20H30O5. The minimum Gasteiger partial charge on any atom is -0.469 e. The molecule has 0 aromatic heterocycles. The van der Waals surface area contributed by atoms with Gasteiger partial charge in [0, 0.05) is 25.6 Å². The minimum atomic E-state index is -0.174. The highest BCUT2D eigenvalue weighted by atomic mass is 16.7. The molecule has 2 aliphatic carbocycles. The number of rotatable bonds is 7. The van der Waals surface area contributed by atoms with Crippen LogP contribution in [-0.2, 0) is 19.0 Å². The lowest BCUT2D eigenvalue weighted by Crippen LogP contribution is -2.32. The molecule has 2 fully saturated rings. The largest absolute Gasteiger partial charge is 0.469 e. The number of hydrogen-bond donors (Lipinski definition) is 1. The summed E-state index contributed by atoms with van der Waals surface area (Å²) in [6, 6.07) is 0. The van der Waals surface area contributed by atoms with Crippen LogP contribution in [0.1, 0.15) is 44.9 Å². The number of esters is 1. The molecule has 3 rings (SSSR count). The van der Waals surface area contributed by atoms with Crippen LogP contribution in [0.3, 0.4) is 0 Å². The summed E-state index contributed by atoms with van der Waals surface area (Å²) in [6.45, 7) is 0.959. The summed E-state index contributed by atoms with van der Waals surface area (Å²) in [5, 5.41) is 9.89. The number of methoxy groups -OCH3 is 1. The van der Waals surface area contributed by atoms with Crippen LogP contribution in [0.15, 0.2) is 23.8 Å². The first-order valence-corrected chi connectivity index (χ1v) is 9.53. The lowest BCUT2D eigenvalue weighted by Gasteiger charge is -2.29. The van der Waals surface area contributed by atoms with Gasteiger partial charge in [-0.15, -0.1) is 0 Å². The molecule has 25 heavy (non-hydrogen) atoms. The molecule has 1 unspecified atom stereocenters. The summed E-state index contributed by atoms with van der Waals surface area (Å²) < 4.78 is 16.5. The van der Waals surface area contributed by atoms with E-state index in [9.17, 15) is 9.90 Å². The van der Waals surface area contributed by atoms with Gasteiger partial charge in [0.2, 0.25) is 0 Å². The number of aliphatic hydroxyl groups is 1. The van der Waals surface area contributed by atoms with E-state index < -0.39 is 0 Å². The van der Waals surface area contributed by atoms with Gasteiger partial charge in [-0.3, -0.25) is 4.79 Å². The quantitative estimate of drug-likeness (QED) is 0.715. The van der Waals surface area contributed by atoms with Crippen molar-refractivity contribution >= 4 is 5.97 Å². The Labute approximate surface area is 150 Å². The van der Waals surface area contributed by atoms with E-state index in [4.69, 9.17) is 9.47 Å². The van der Waals surface area contributed by atoms with E-state index in [1.807, 2.05) is 6.08 Å². The molecule has 0 aromatic carbocycles. The Bertz CT molecular complexity index is 506. The van der Waals surface area contributed by atoms with Crippen LogP contribution in [0.5, 0.6) is 0 Å². The van der Waals surface area contributed by atoms with Crippen molar-refractivity contribution in [1.29, 1.82) is 0 Å². The molecule has 0 aromatic rings. The van der Waals surface area contributed by atoms with E-state index in [-0.39, 0.29) is 30.9 Å². The van der Waals surface area contributed by atoms with Crippen molar-refractivity contribution in [2.75, 3.05) is 20.3 Å². The highest BCUT2D eigenvalue weighted by Crippen LogP contribution is 2.48. The molecule has 0 spiro atoms. The molecule has 1 aliphatic heterocycles. The average molecular weight is 350 g/mol. The summed E-state index contributed by atoms with van der Waals surface area (Å²) >= 11 is 0. The molecule has 3 aliphatic rings. The maximum Gasteiger partial charge on any atom is 0.305 e. The smallest absolute Gasteiger partial charge is 0.305 e. The molecule has 5 heteroatoms. The Balaban J connectivity index is 1.51. The van der Waals surface area contributed by atoms with Gasteiger partial charge in [0.15, 0.2) is 6.29 Å². The fourth-order valence-corrected chi connectivity index (χ4v) is 4.41. The van der Waals surface area contributed by atoms with E-state index in [0.717, 1.165) is 38.7 Å². The molecule has 140 valence electrons. The van der Waals surface area contributed by atoms with Crippen molar-refractivity contribution in [2.45, 2.75) is 57.3 Å². The molecule has 0 radical (unpaired) electrons. The third-order valence-electron chi connectivity index (χ3n) is 5.73.